The summed E-state index contributed by atoms with van der Waals surface area (Å²) < 4.78 is 2.17. The highest BCUT2D eigenvalue weighted by Gasteiger charge is 2.37. The molecule has 23 heavy (non-hydrogen) atoms. The summed E-state index contributed by atoms with van der Waals surface area (Å²) in [6, 6.07) is 0. The van der Waals surface area contributed by atoms with Gasteiger partial charge in [0.15, 0.2) is 0 Å². The van der Waals surface area contributed by atoms with Crippen molar-refractivity contribution >= 4 is 16.2 Å². The summed E-state index contributed by atoms with van der Waals surface area (Å²) in [5, 5.41) is 11.2. The fourth-order valence-corrected chi connectivity index (χ4v) is 6.12. The monoisotopic (exact) mass is 330 g/mol. The van der Waals surface area contributed by atoms with Gasteiger partial charge in [0.05, 0.1) is 18.0 Å². The first-order chi connectivity index (χ1) is 11.3. The van der Waals surface area contributed by atoms with Gasteiger partial charge in [0.2, 0.25) is 0 Å². The lowest BCUT2D eigenvalue weighted by molar-refractivity contribution is 0.0495. The lowest BCUT2D eigenvalue weighted by Crippen LogP contribution is -2.28. The average molecular weight is 330 g/mol. The van der Waals surface area contributed by atoms with Crippen molar-refractivity contribution in [1.29, 1.82) is 0 Å². The standard InChI is InChI=1S/C19H26N2OS/c22-18(14-6-4-13(5-7-14)12-2-1-3-12)17-19(15-8-9-15)23-16-10-20-11-21(16)17/h10-15,18,22H,1-9H2. The van der Waals surface area contributed by atoms with Gasteiger partial charge in [-0.1, -0.05) is 19.3 Å². The molecule has 124 valence electrons. The maximum Gasteiger partial charge on any atom is 0.120 e. The van der Waals surface area contributed by atoms with E-state index in [0.717, 1.165) is 11.8 Å². The molecule has 4 heteroatoms. The number of aliphatic hydroxyl groups excluding tert-OH is 1. The number of aromatic nitrogens is 2. The highest BCUT2D eigenvalue weighted by atomic mass is 32.1. The van der Waals surface area contributed by atoms with Crippen molar-refractivity contribution < 1.29 is 5.11 Å². The Hall–Kier alpha value is -0.870. The molecular formula is C19H26N2OS. The summed E-state index contributed by atoms with van der Waals surface area (Å²) in [5.41, 5.74) is 1.18. The van der Waals surface area contributed by atoms with Crippen LogP contribution in [0.1, 0.15) is 80.4 Å². The number of rotatable bonds is 4. The van der Waals surface area contributed by atoms with Crippen LogP contribution in [-0.4, -0.2) is 14.5 Å². The Morgan fingerprint density at radius 2 is 1.78 bits per heavy atom. The third-order valence-electron chi connectivity index (χ3n) is 6.64. The van der Waals surface area contributed by atoms with E-state index >= 15 is 0 Å². The van der Waals surface area contributed by atoms with Crippen LogP contribution in [0.5, 0.6) is 0 Å². The van der Waals surface area contributed by atoms with Crippen molar-refractivity contribution in [2.75, 3.05) is 0 Å². The second kappa shape index (κ2) is 5.59. The Bertz CT molecular complexity index is 689. The van der Waals surface area contributed by atoms with E-state index in [1.165, 1.54) is 73.2 Å². The molecule has 3 aliphatic rings. The molecule has 2 heterocycles. The van der Waals surface area contributed by atoms with E-state index in [4.69, 9.17) is 0 Å². The molecule has 3 fully saturated rings. The molecular weight excluding hydrogens is 304 g/mol. The number of hydrogen-bond acceptors (Lipinski definition) is 3. The third kappa shape index (κ3) is 2.45. The molecule has 0 aliphatic heterocycles. The minimum absolute atomic E-state index is 0.295. The lowest BCUT2D eigenvalue weighted by atomic mass is 9.67. The molecule has 0 bridgehead atoms. The third-order valence-corrected chi connectivity index (χ3v) is 7.91. The van der Waals surface area contributed by atoms with Crippen molar-refractivity contribution in [3.8, 4) is 0 Å². The first kappa shape index (κ1) is 14.5. The zero-order chi connectivity index (χ0) is 15.4. The fourth-order valence-electron chi connectivity index (χ4n) is 4.82. The molecule has 0 aromatic carbocycles. The van der Waals surface area contributed by atoms with Crippen molar-refractivity contribution in [3.63, 3.8) is 0 Å². The van der Waals surface area contributed by atoms with Gasteiger partial charge in [0.1, 0.15) is 11.2 Å². The van der Waals surface area contributed by atoms with Gasteiger partial charge in [-0.3, -0.25) is 4.40 Å². The molecule has 0 radical (unpaired) electrons. The van der Waals surface area contributed by atoms with E-state index in [1.54, 1.807) is 0 Å². The zero-order valence-corrected chi connectivity index (χ0v) is 14.5. The Labute approximate surface area is 141 Å². The number of fused-ring (bicyclic) bond motifs is 1. The van der Waals surface area contributed by atoms with Crippen molar-refractivity contribution in [3.05, 3.63) is 23.1 Å². The maximum atomic E-state index is 11.2. The highest BCUT2D eigenvalue weighted by molar-refractivity contribution is 7.17. The Balaban J connectivity index is 1.37. The maximum absolute atomic E-state index is 11.2. The molecule has 3 nitrogen and oxygen atoms in total. The van der Waals surface area contributed by atoms with Gasteiger partial charge in [0.25, 0.3) is 0 Å². The zero-order valence-electron chi connectivity index (χ0n) is 13.7. The second-order valence-electron chi connectivity index (χ2n) is 8.04. The number of hydrogen-bond donors (Lipinski definition) is 1. The molecule has 0 amide bonds. The number of aliphatic hydroxyl groups is 1. The van der Waals surface area contributed by atoms with Crippen LogP contribution in [0.2, 0.25) is 0 Å². The molecule has 1 N–H and O–H groups in total. The van der Waals surface area contributed by atoms with Crippen LogP contribution in [0.25, 0.3) is 4.83 Å². The fraction of sp³-hybridized carbons (Fsp3) is 0.737. The van der Waals surface area contributed by atoms with E-state index in [0.29, 0.717) is 11.8 Å². The van der Waals surface area contributed by atoms with E-state index in [-0.39, 0.29) is 6.10 Å². The number of thiazole rings is 1. The van der Waals surface area contributed by atoms with Crippen LogP contribution in [0, 0.1) is 17.8 Å². The molecule has 0 saturated heterocycles. The summed E-state index contributed by atoms with van der Waals surface area (Å²) in [6.45, 7) is 0. The van der Waals surface area contributed by atoms with Crippen molar-refractivity contribution in [2.24, 2.45) is 17.8 Å². The molecule has 3 saturated carbocycles. The van der Waals surface area contributed by atoms with E-state index in [1.807, 2.05) is 23.9 Å². The van der Waals surface area contributed by atoms with Crippen LogP contribution < -0.4 is 0 Å². The summed E-state index contributed by atoms with van der Waals surface area (Å²) in [5.74, 6) is 3.11. The first-order valence-corrected chi connectivity index (χ1v) is 10.3. The predicted molar refractivity (Wildman–Crippen MR) is 92.8 cm³/mol. The average Bonchev–Trinajstić information content (AvgIpc) is 3.15. The SMILES string of the molecule is OC(c1c(C2CC2)sc2cncn12)C1CCC(C2CCC2)CC1. The second-order valence-corrected chi connectivity index (χ2v) is 9.10. The van der Waals surface area contributed by atoms with Crippen molar-refractivity contribution in [2.45, 2.75) is 69.8 Å². The van der Waals surface area contributed by atoms with Gasteiger partial charge >= 0.3 is 0 Å². The molecule has 1 unspecified atom stereocenters. The van der Waals surface area contributed by atoms with Gasteiger partial charge < -0.3 is 5.11 Å². The molecule has 3 aliphatic carbocycles. The summed E-state index contributed by atoms with van der Waals surface area (Å²) >= 11 is 1.85. The summed E-state index contributed by atoms with van der Waals surface area (Å²) in [7, 11) is 0. The van der Waals surface area contributed by atoms with Crippen LogP contribution >= 0.6 is 11.3 Å². The molecule has 2 aromatic rings. The van der Waals surface area contributed by atoms with Crippen molar-refractivity contribution in [1.82, 2.24) is 9.38 Å². The van der Waals surface area contributed by atoms with Gasteiger partial charge in [-0.25, -0.2) is 4.98 Å². The topological polar surface area (TPSA) is 37.5 Å². The summed E-state index contributed by atoms with van der Waals surface area (Å²) in [6.07, 6.45) is 15.6. The summed E-state index contributed by atoms with van der Waals surface area (Å²) in [4.78, 5) is 6.93. The molecule has 2 aromatic heterocycles. The Morgan fingerprint density at radius 3 is 2.43 bits per heavy atom. The van der Waals surface area contributed by atoms with Crippen LogP contribution in [0.4, 0.5) is 0 Å². The Morgan fingerprint density at radius 1 is 1.04 bits per heavy atom. The predicted octanol–water partition coefficient (Wildman–Crippen LogP) is 4.91. The van der Waals surface area contributed by atoms with Gasteiger partial charge in [-0.15, -0.1) is 11.3 Å². The molecule has 5 rings (SSSR count). The smallest absolute Gasteiger partial charge is 0.120 e. The lowest BCUT2D eigenvalue weighted by Gasteiger charge is -2.39. The van der Waals surface area contributed by atoms with E-state index in [2.05, 4.69) is 9.38 Å². The normalized spacial score (nSPS) is 30.5. The largest absolute Gasteiger partial charge is 0.387 e. The minimum Gasteiger partial charge on any atom is -0.387 e. The number of imidazole rings is 1. The Kier molecular flexibility index (Phi) is 3.52. The van der Waals surface area contributed by atoms with Crippen LogP contribution in [-0.2, 0) is 0 Å². The quantitative estimate of drug-likeness (QED) is 0.864. The van der Waals surface area contributed by atoms with Gasteiger partial charge in [-0.2, -0.15) is 0 Å². The van der Waals surface area contributed by atoms with E-state index < -0.39 is 0 Å². The molecule has 1 atom stereocenters. The van der Waals surface area contributed by atoms with Crippen LogP contribution in [0.3, 0.4) is 0 Å². The van der Waals surface area contributed by atoms with Gasteiger partial charge in [0, 0.05) is 4.88 Å². The highest BCUT2D eigenvalue weighted by Crippen LogP contribution is 2.50. The van der Waals surface area contributed by atoms with E-state index in [9.17, 15) is 5.11 Å². The van der Waals surface area contributed by atoms with Gasteiger partial charge in [-0.05, 0) is 62.2 Å². The minimum atomic E-state index is -0.295. The first-order valence-electron chi connectivity index (χ1n) is 9.44. The number of nitrogens with zero attached hydrogens (tertiary/aromatic N) is 2. The molecule has 0 spiro atoms. The van der Waals surface area contributed by atoms with Crippen LogP contribution in [0.15, 0.2) is 12.5 Å².